The molecule has 1 N–H and O–H groups in total. The number of nitrogens with zero attached hydrogens (tertiary/aromatic N) is 6. The molecule has 1 atom stereocenters. The Morgan fingerprint density at radius 3 is 2.42 bits per heavy atom. The summed E-state index contributed by atoms with van der Waals surface area (Å²) in [5, 5.41) is 7.32. The molecule has 168 valence electrons. The van der Waals surface area contributed by atoms with E-state index in [0.717, 1.165) is 18.5 Å². The van der Waals surface area contributed by atoms with Crippen LogP contribution in [-0.2, 0) is 9.53 Å². The fourth-order valence-corrected chi connectivity index (χ4v) is 2.93. The minimum Gasteiger partial charge on any atom is -0.444 e. The molecule has 0 radical (unpaired) electrons. The second kappa shape index (κ2) is 8.52. The van der Waals surface area contributed by atoms with E-state index in [9.17, 15) is 9.59 Å². The fourth-order valence-electron chi connectivity index (χ4n) is 2.93. The van der Waals surface area contributed by atoms with Gasteiger partial charge in [0.15, 0.2) is 11.6 Å². The summed E-state index contributed by atoms with van der Waals surface area (Å²) in [6, 6.07) is 3.13. The van der Waals surface area contributed by atoms with Crippen LogP contribution in [0.25, 0.3) is 5.82 Å². The molecule has 10 heteroatoms. The van der Waals surface area contributed by atoms with Crippen LogP contribution in [0.3, 0.4) is 0 Å². The zero-order valence-electron chi connectivity index (χ0n) is 19.2. The number of hydrogen-bond donors (Lipinski definition) is 1. The number of nitrogens with one attached hydrogen (secondary N) is 1. The highest BCUT2D eigenvalue weighted by molar-refractivity contribution is 5.95. The van der Waals surface area contributed by atoms with Crippen LogP contribution < -0.4 is 15.1 Å². The predicted octanol–water partition coefficient (Wildman–Crippen LogP) is 2.69. The number of rotatable bonds is 6. The van der Waals surface area contributed by atoms with E-state index < -0.39 is 17.7 Å². The van der Waals surface area contributed by atoms with E-state index in [1.165, 1.54) is 0 Å². The van der Waals surface area contributed by atoms with Gasteiger partial charge in [0.25, 0.3) is 0 Å². The third kappa shape index (κ3) is 5.50. The Balaban J connectivity index is 1.84. The van der Waals surface area contributed by atoms with Gasteiger partial charge in [-0.2, -0.15) is 9.67 Å². The van der Waals surface area contributed by atoms with Crippen molar-refractivity contribution in [3.8, 4) is 5.82 Å². The van der Waals surface area contributed by atoms with Gasteiger partial charge in [-0.25, -0.2) is 9.78 Å². The molecule has 31 heavy (non-hydrogen) atoms. The zero-order chi connectivity index (χ0) is 22.9. The minimum absolute atomic E-state index is 0.112. The molecular formula is C21H31N7O3. The van der Waals surface area contributed by atoms with Crippen LogP contribution in [0.1, 0.15) is 52.4 Å². The van der Waals surface area contributed by atoms with E-state index in [1.807, 2.05) is 20.2 Å². The smallest absolute Gasteiger partial charge is 0.408 e. The van der Waals surface area contributed by atoms with Gasteiger partial charge < -0.3 is 19.9 Å². The number of carbonyl (C=O) groups is 2. The van der Waals surface area contributed by atoms with Crippen molar-refractivity contribution < 1.29 is 14.3 Å². The van der Waals surface area contributed by atoms with Gasteiger partial charge >= 0.3 is 6.09 Å². The van der Waals surface area contributed by atoms with Gasteiger partial charge in [0.05, 0.1) is 17.9 Å². The van der Waals surface area contributed by atoms with Crippen LogP contribution in [0.2, 0.25) is 0 Å². The van der Waals surface area contributed by atoms with Crippen molar-refractivity contribution >= 4 is 23.6 Å². The summed E-state index contributed by atoms with van der Waals surface area (Å²) in [6.07, 6.45) is 3.01. The number of pyridine rings is 1. The molecule has 0 spiro atoms. The lowest BCUT2D eigenvalue weighted by Gasteiger charge is -2.21. The molecule has 0 aliphatic heterocycles. The van der Waals surface area contributed by atoms with Crippen molar-refractivity contribution in [3.05, 3.63) is 24.2 Å². The molecular weight excluding hydrogens is 398 g/mol. The first-order valence-corrected chi connectivity index (χ1v) is 10.3. The lowest BCUT2D eigenvalue weighted by molar-refractivity contribution is -0.119. The fraction of sp³-hybridized carbons (Fsp3) is 0.571. The normalized spacial score (nSPS) is 14.7. The average molecular weight is 430 g/mol. The molecule has 2 aromatic heterocycles. The third-order valence-corrected chi connectivity index (χ3v) is 4.74. The van der Waals surface area contributed by atoms with Crippen molar-refractivity contribution in [2.45, 2.75) is 52.2 Å². The molecule has 1 fully saturated rings. The van der Waals surface area contributed by atoms with E-state index in [2.05, 4.69) is 20.4 Å². The molecule has 0 bridgehead atoms. The number of ether oxygens (including phenoxy) is 1. The Bertz CT molecular complexity index is 943. The lowest BCUT2D eigenvalue weighted by atomic mass is 10.2. The Hall–Kier alpha value is -3.17. The Morgan fingerprint density at radius 2 is 1.90 bits per heavy atom. The summed E-state index contributed by atoms with van der Waals surface area (Å²) < 4.78 is 6.93. The van der Waals surface area contributed by atoms with Crippen LogP contribution in [0.5, 0.6) is 0 Å². The summed E-state index contributed by atoms with van der Waals surface area (Å²) >= 11 is 0. The highest BCUT2D eigenvalue weighted by atomic mass is 16.6. The summed E-state index contributed by atoms with van der Waals surface area (Å²) in [7, 11) is 5.43. The number of amides is 2. The van der Waals surface area contributed by atoms with Crippen LogP contribution in [-0.4, -0.2) is 58.5 Å². The molecule has 2 aromatic rings. The molecule has 10 nitrogen and oxygen atoms in total. The van der Waals surface area contributed by atoms with Crippen molar-refractivity contribution in [1.29, 1.82) is 0 Å². The predicted molar refractivity (Wildman–Crippen MR) is 117 cm³/mol. The molecule has 1 unspecified atom stereocenters. The first-order valence-electron chi connectivity index (χ1n) is 10.3. The second-order valence-electron chi connectivity index (χ2n) is 8.99. The van der Waals surface area contributed by atoms with Gasteiger partial charge in [-0.05, 0) is 52.7 Å². The van der Waals surface area contributed by atoms with Crippen molar-refractivity contribution in [2.75, 3.05) is 30.9 Å². The zero-order valence-corrected chi connectivity index (χ0v) is 19.2. The average Bonchev–Trinajstić information content (AvgIpc) is 3.42. The first-order chi connectivity index (χ1) is 14.5. The Morgan fingerprint density at radius 1 is 1.23 bits per heavy atom. The molecule has 1 aliphatic rings. The van der Waals surface area contributed by atoms with E-state index in [0.29, 0.717) is 17.6 Å². The Labute approximate surface area is 182 Å². The van der Waals surface area contributed by atoms with Crippen LogP contribution in [0.4, 0.5) is 16.4 Å². The van der Waals surface area contributed by atoms with Gasteiger partial charge in [-0.1, -0.05) is 0 Å². The molecule has 2 heterocycles. The van der Waals surface area contributed by atoms with Crippen LogP contribution in [0.15, 0.2) is 18.3 Å². The number of anilines is 2. The molecule has 0 aromatic carbocycles. The second-order valence-corrected chi connectivity index (χ2v) is 8.99. The third-order valence-electron chi connectivity index (χ3n) is 4.74. The van der Waals surface area contributed by atoms with Crippen molar-refractivity contribution in [3.63, 3.8) is 0 Å². The standard InChI is InChI=1S/C21H31N7O3/c1-13(23-20(30)31-21(2,3)4)17-24-19(26(5)6)25-28(17)16-11-10-15(12-22-16)27(7)18(29)14-8-9-14/h10-14H,8-9H2,1-7H3,(H,23,30). The lowest BCUT2D eigenvalue weighted by Crippen LogP contribution is -2.35. The molecule has 1 aliphatic carbocycles. The largest absolute Gasteiger partial charge is 0.444 e. The van der Waals surface area contributed by atoms with E-state index >= 15 is 0 Å². The van der Waals surface area contributed by atoms with Gasteiger partial charge in [0.1, 0.15) is 5.60 Å². The minimum atomic E-state index is -0.604. The number of carbonyl (C=O) groups excluding carboxylic acids is 2. The summed E-state index contributed by atoms with van der Waals surface area (Å²) in [4.78, 5) is 37.0. The van der Waals surface area contributed by atoms with E-state index in [-0.39, 0.29) is 11.8 Å². The number of hydrogen-bond acceptors (Lipinski definition) is 7. The van der Waals surface area contributed by atoms with Crippen molar-refractivity contribution in [2.24, 2.45) is 5.92 Å². The quantitative estimate of drug-likeness (QED) is 0.752. The first kappa shape index (κ1) is 22.5. The molecule has 0 saturated heterocycles. The Kier molecular flexibility index (Phi) is 6.19. The number of aromatic nitrogens is 4. The molecule has 3 rings (SSSR count). The van der Waals surface area contributed by atoms with Gasteiger partial charge in [-0.15, -0.1) is 5.10 Å². The van der Waals surface area contributed by atoms with Crippen molar-refractivity contribution in [1.82, 2.24) is 25.1 Å². The highest BCUT2D eigenvalue weighted by Crippen LogP contribution is 2.32. The maximum atomic E-state index is 12.3. The summed E-state index contributed by atoms with van der Waals surface area (Å²) in [5.74, 6) is 1.77. The molecule has 2 amide bonds. The van der Waals surface area contributed by atoms with Crippen LogP contribution >= 0.6 is 0 Å². The van der Waals surface area contributed by atoms with E-state index in [4.69, 9.17) is 4.74 Å². The monoisotopic (exact) mass is 429 g/mol. The summed E-state index contributed by atoms with van der Waals surface area (Å²) in [5.41, 5.74) is 0.114. The maximum Gasteiger partial charge on any atom is 0.408 e. The number of alkyl carbamates (subject to hydrolysis) is 1. The van der Waals surface area contributed by atoms with Gasteiger partial charge in [0, 0.05) is 27.1 Å². The van der Waals surface area contributed by atoms with Gasteiger partial charge in [-0.3, -0.25) is 4.79 Å². The summed E-state index contributed by atoms with van der Waals surface area (Å²) in [6.45, 7) is 7.22. The van der Waals surface area contributed by atoms with E-state index in [1.54, 1.807) is 61.5 Å². The SMILES string of the molecule is CC(NC(=O)OC(C)(C)C)c1nc(N(C)C)nn1-c1ccc(N(C)C(=O)C2CC2)cn1. The topological polar surface area (TPSA) is 105 Å². The van der Waals surface area contributed by atoms with Gasteiger partial charge in [0.2, 0.25) is 11.9 Å². The molecule has 1 saturated carbocycles. The highest BCUT2D eigenvalue weighted by Gasteiger charge is 2.32. The maximum absolute atomic E-state index is 12.3. The van der Waals surface area contributed by atoms with Crippen LogP contribution in [0, 0.1) is 5.92 Å².